The number of para-hydroxylation sites is 2. The first kappa shape index (κ1) is 38.3. The summed E-state index contributed by atoms with van der Waals surface area (Å²) in [6, 6.07) is 18.2. The zero-order chi connectivity index (χ0) is 32.1. The van der Waals surface area contributed by atoms with Gasteiger partial charge in [0.15, 0.2) is 5.71 Å². The van der Waals surface area contributed by atoms with Crippen LogP contribution in [0.15, 0.2) is 72.5 Å². The van der Waals surface area contributed by atoms with Gasteiger partial charge in [0.1, 0.15) is 6.54 Å². The maximum absolute atomic E-state index is 2.63. The van der Waals surface area contributed by atoms with E-state index in [1.54, 1.807) is 0 Å². The number of fused-ring (bicyclic) bond motifs is 2. The summed E-state index contributed by atoms with van der Waals surface area (Å²) in [4.78, 5) is 2.63. The molecule has 0 N–H and O–H groups in total. The second-order valence-electron chi connectivity index (χ2n) is 14.8. The number of unbranched alkanes of at least 4 members (excludes halogenated alkanes) is 14. The van der Waals surface area contributed by atoms with E-state index in [9.17, 15) is 0 Å². The van der Waals surface area contributed by atoms with Gasteiger partial charge in [-0.3, -0.25) is 0 Å². The minimum atomic E-state index is -0.00325. The third kappa shape index (κ3) is 9.48. The Morgan fingerprint density at radius 3 is 1.76 bits per heavy atom. The van der Waals surface area contributed by atoms with Crippen molar-refractivity contribution in [3.8, 4) is 0 Å². The van der Waals surface area contributed by atoms with Crippen LogP contribution in [0.5, 0.6) is 0 Å². The van der Waals surface area contributed by atoms with Crippen LogP contribution in [0.3, 0.4) is 0 Å². The molecule has 2 aliphatic rings. The predicted octanol–water partition coefficient (Wildman–Crippen LogP) is 9.59. The van der Waals surface area contributed by atoms with Crippen molar-refractivity contribution in [3.05, 3.63) is 83.6 Å². The quantitative estimate of drug-likeness (QED) is 0.0992. The first-order valence-corrected chi connectivity index (χ1v) is 18.8. The van der Waals surface area contributed by atoms with Crippen molar-refractivity contribution in [1.29, 1.82) is 0 Å². The molecule has 0 unspecified atom stereocenters. The monoisotopic (exact) mass is 688 g/mol. The fourth-order valence-corrected chi connectivity index (χ4v) is 7.80. The Hall–Kier alpha value is -2.13. The number of allylic oxidation sites excluding steroid dienone is 4. The summed E-state index contributed by atoms with van der Waals surface area (Å²) in [6.45, 7) is 16.5. The molecule has 46 heavy (non-hydrogen) atoms. The minimum absolute atomic E-state index is 0. The van der Waals surface area contributed by atoms with Gasteiger partial charge in [-0.2, -0.15) is 4.58 Å². The van der Waals surface area contributed by atoms with Crippen LogP contribution in [-0.4, -0.2) is 23.4 Å². The lowest BCUT2D eigenvalue weighted by molar-refractivity contribution is -0.438. The van der Waals surface area contributed by atoms with Crippen LogP contribution in [0.1, 0.15) is 155 Å². The number of halogens is 1. The molecule has 0 atom stereocenters. The Kier molecular flexibility index (Phi) is 15.8. The SMILES string of the molecule is CCCCCCCCCCN1/C(=C\C=C\C2=[N+](CCCCCCCCCC)c3ccccc3C2(C)C)C(C)(C)c2ccccc21.[Br-]. The van der Waals surface area contributed by atoms with E-state index in [0.29, 0.717) is 0 Å². The van der Waals surface area contributed by atoms with Crippen LogP contribution < -0.4 is 21.9 Å². The van der Waals surface area contributed by atoms with Crippen molar-refractivity contribution in [2.45, 2.75) is 155 Å². The molecule has 2 heterocycles. The van der Waals surface area contributed by atoms with Gasteiger partial charge in [-0.05, 0) is 44.4 Å². The highest BCUT2D eigenvalue weighted by atomic mass is 79.9. The summed E-state index contributed by atoms with van der Waals surface area (Å²) in [7, 11) is 0. The Balaban J connectivity index is 0.00000576. The van der Waals surface area contributed by atoms with Crippen molar-refractivity contribution < 1.29 is 21.6 Å². The van der Waals surface area contributed by atoms with Crippen molar-refractivity contribution in [1.82, 2.24) is 0 Å². The molecule has 2 aromatic rings. The zero-order valence-corrected chi connectivity index (χ0v) is 31.9. The number of benzene rings is 2. The highest BCUT2D eigenvalue weighted by Gasteiger charge is 2.44. The molecule has 0 aromatic heterocycles. The van der Waals surface area contributed by atoms with Gasteiger partial charge < -0.3 is 21.9 Å². The van der Waals surface area contributed by atoms with Crippen LogP contribution in [0.25, 0.3) is 0 Å². The first-order valence-electron chi connectivity index (χ1n) is 18.8. The predicted molar refractivity (Wildman–Crippen MR) is 199 cm³/mol. The number of hydrogen-bond donors (Lipinski definition) is 0. The standard InChI is InChI=1S/C43H65N2.BrH/c1-7-9-11-13-15-17-19-25-34-44-38-30-23-21-28-36(38)42(3,4)40(44)32-27-33-41-43(5,6)37-29-22-24-31-39(37)45(41)35-26-20-18-16-14-12-10-8-2;/h21-24,27-33H,7-20,25-26,34-35H2,1-6H3;1H/q+1;/p-1. The smallest absolute Gasteiger partial charge is 0.209 e. The molecular formula is C43H65BrN2. The molecule has 0 amide bonds. The van der Waals surface area contributed by atoms with Crippen LogP contribution in [-0.2, 0) is 10.8 Å². The third-order valence-corrected chi connectivity index (χ3v) is 10.6. The van der Waals surface area contributed by atoms with Gasteiger partial charge in [0.25, 0.3) is 0 Å². The van der Waals surface area contributed by atoms with Gasteiger partial charge in [0, 0.05) is 47.5 Å². The second kappa shape index (κ2) is 19.0. The van der Waals surface area contributed by atoms with E-state index in [-0.39, 0.29) is 27.8 Å². The highest BCUT2D eigenvalue weighted by molar-refractivity contribution is 6.03. The number of anilines is 1. The van der Waals surface area contributed by atoms with E-state index in [1.807, 2.05) is 0 Å². The second-order valence-corrected chi connectivity index (χ2v) is 14.8. The summed E-state index contributed by atoms with van der Waals surface area (Å²) in [6.07, 6.45) is 29.0. The molecule has 0 saturated carbocycles. The summed E-state index contributed by atoms with van der Waals surface area (Å²) in [5, 5.41) is 0. The summed E-state index contributed by atoms with van der Waals surface area (Å²) >= 11 is 0. The van der Waals surface area contributed by atoms with Gasteiger partial charge in [-0.25, -0.2) is 0 Å². The van der Waals surface area contributed by atoms with Crippen molar-refractivity contribution in [2.75, 3.05) is 18.0 Å². The van der Waals surface area contributed by atoms with Crippen LogP contribution in [0.2, 0.25) is 0 Å². The zero-order valence-electron chi connectivity index (χ0n) is 30.4. The van der Waals surface area contributed by atoms with Crippen molar-refractivity contribution >= 4 is 17.1 Å². The molecule has 0 fully saturated rings. The fourth-order valence-electron chi connectivity index (χ4n) is 7.80. The van der Waals surface area contributed by atoms with Gasteiger partial charge >= 0.3 is 0 Å². The summed E-state index contributed by atoms with van der Waals surface area (Å²) < 4.78 is 2.63. The molecule has 0 aliphatic carbocycles. The van der Waals surface area contributed by atoms with Crippen molar-refractivity contribution in [2.24, 2.45) is 0 Å². The minimum Gasteiger partial charge on any atom is -1.00 e. The van der Waals surface area contributed by atoms with Gasteiger partial charge in [0.05, 0.1) is 5.41 Å². The molecule has 2 aliphatic heterocycles. The first-order chi connectivity index (χ1) is 21.8. The molecule has 0 radical (unpaired) electrons. The molecule has 2 nitrogen and oxygen atoms in total. The van der Waals surface area contributed by atoms with Crippen LogP contribution in [0, 0.1) is 0 Å². The van der Waals surface area contributed by atoms with Gasteiger partial charge in [-0.15, -0.1) is 0 Å². The Morgan fingerprint density at radius 2 is 1.13 bits per heavy atom. The van der Waals surface area contributed by atoms with E-state index in [0.717, 1.165) is 13.1 Å². The molecule has 4 rings (SSSR count). The molecule has 2 aromatic carbocycles. The van der Waals surface area contributed by atoms with Gasteiger partial charge in [-0.1, -0.05) is 154 Å². The Bertz CT molecular complexity index is 1300. The average molecular weight is 690 g/mol. The number of nitrogens with zero attached hydrogens (tertiary/aromatic N) is 2. The maximum atomic E-state index is 2.63. The number of rotatable bonds is 20. The summed E-state index contributed by atoms with van der Waals surface area (Å²) in [5.74, 6) is 0. The Labute approximate surface area is 294 Å². The highest BCUT2D eigenvalue weighted by Crippen LogP contribution is 2.48. The van der Waals surface area contributed by atoms with Crippen molar-refractivity contribution in [3.63, 3.8) is 0 Å². The molecule has 0 saturated heterocycles. The van der Waals surface area contributed by atoms with E-state index in [4.69, 9.17) is 0 Å². The normalized spacial score (nSPS) is 17.2. The molecule has 254 valence electrons. The van der Waals surface area contributed by atoms with Crippen LogP contribution in [0.4, 0.5) is 11.4 Å². The fraction of sp³-hybridized carbons (Fsp3) is 0.605. The third-order valence-electron chi connectivity index (χ3n) is 10.6. The molecule has 0 spiro atoms. The van der Waals surface area contributed by atoms with E-state index >= 15 is 0 Å². The lowest BCUT2D eigenvalue weighted by atomic mass is 9.81. The largest absolute Gasteiger partial charge is 1.00 e. The molecule has 3 heteroatoms. The number of hydrogen-bond acceptors (Lipinski definition) is 1. The lowest BCUT2D eigenvalue weighted by Crippen LogP contribution is -3.00. The molecular weight excluding hydrogens is 624 g/mol. The van der Waals surface area contributed by atoms with E-state index < -0.39 is 0 Å². The topological polar surface area (TPSA) is 6.25 Å². The maximum Gasteiger partial charge on any atom is 0.209 e. The lowest BCUT2D eigenvalue weighted by Gasteiger charge is -2.27. The van der Waals surface area contributed by atoms with Crippen LogP contribution >= 0.6 is 0 Å². The molecule has 0 bridgehead atoms. The van der Waals surface area contributed by atoms with Gasteiger partial charge in [0.2, 0.25) is 5.69 Å². The van der Waals surface area contributed by atoms with E-state index in [2.05, 4.69) is 118 Å². The average Bonchev–Trinajstić information content (AvgIpc) is 3.38. The summed E-state index contributed by atoms with van der Waals surface area (Å²) in [5.41, 5.74) is 8.60. The Morgan fingerprint density at radius 1 is 0.609 bits per heavy atom. The van der Waals surface area contributed by atoms with E-state index in [1.165, 1.54) is 137 Å².